The van der Waals surface area contributed by atoms with Crippen LogP contribution in [0.25, 0.3) is 0 Å². The number of ether oxygens (including phenoxy) is 2. The van der Waals surface area contributed by atoms with Gasteiger partial charge in [0.15, 0.2) is 0 Å². The molecule has 3 nitrogen and oxygen atoms in total. The van der Waals surface area contributed by atoms with Crippen molar-refractivity contribution in [3.63, 3.8) is 0 Å². The lowest BCUT2D eigenvalue weighted by Crippen LogP contribution is -2.31. The van der Waals surface area contributed by atoms with E-state index in [2.05, 4.69) is 27.7 Å². The zero-order valence-electron chi connectivity index (χ0n) is 14.0. The molecule has 0 aromatic carbocycles. The largest absolute Gasteiger partial charge is 0.379 e. The van der Waals surface area contributed by atoms with E-state index in [9.17, 15) is 4.79 Å². The second kappa shape index (κ2) is 8.14. The minimum Gasteiger partial charge on any atom is -0.379 e. The normalized spacial score (nSPS) is 31.0. The fraction of sp³-hybridized carbons (Fsp3) is 0.941. The van der Waals surface area contributed by atoms with E-state index in [4.69, 9.17) is 9.47 Å². The van der Waals surface area contributed by atoms with Gasteiger partial charge in [0, 0.05) is 20.0 Å². The number of methoxy groups -OCH3 is 1. The Kier molecular flexibility index (Phi) is 7.18. The SMILES string of the molecule is CC[C@H](C)C[C@H](C)C1C[C@H](OC)C([C@@H](C)CC(C)=O)O1. The van der Waals surface area contributed by atoms with Crippen LogP contribution < -0.4 is 0 Å². The first-order valence-electron chi connectivity index (χ1n) is 8.06. The van der Waals surface area contributed by atoms with Crippen molar-refractivity contribution in [3.8, 4) is 0 Å². The molecule has 0 aromatic rings. The molecule has 0 spiro atoms. The summed E-state index contributed by atoms with van der Waals surface area (Å²) in [6.45, 7) is 10.6. The average molecular weight is 284 g/mol. The number of carbonyl (C=O) groups is 1. The molecule has 0 saturated carbocycles. The van der Waals surface area contributed by atoms with Crippen molar-refractivity contribution in [2.75, 3.05) is 7.11 Å². The second-order valence-corrected chi connectivity index (χ2v) is 6.76. The summed E-state index contributed by atoms with van der Waals surface area (Å²) in [5.41, 5.74) is 0. The second-order valence-electron chi connectivity index (χ2n) is 6.76. The molecular formula is C17H32O3. The zero-order chi connectivity index (χ0) is 15.3. The summed E-state index contributed by atoms with van der Waals surface area (Å²) >= 11 is 0. The highest BCUT2D eigenvalue weighted by molar-refractivity contribution is 5.75. The molecule has 0 bridgehead atoms. The van der Waals surface area contributed by atoms with Gasteiger partial charge in [0.05, 0.1) is 18.3 Å². The van der Waals surface area contributed by atoms with Crippen molar-refractivity contribution >= 4 is 5.78 Å². The number of hydrogen-bond donors (Lipinski definition) is 0. The maximum Gasteiger partial charge on any atom is 0.130 e. The van der Waals surface area contributed by atoms with Gasteiger partial charge in [-0.3, -0.25) is 0 Å². The summed E-state index contributed by atoms with van der Waals surface area (Å²) in [7, 11) is 1.75. The molecule has 1 aliphatic rings. The van der Waals surface area contributed by atoms with Gasteiger partial charge in [-0.2, -0.15) is 0 Å². The molecule has 0 aromatic heterocycles. The monoisotopic (exact) mass is 284 g/mol. The molecule has 1 fully saturated rings. The number of ketones is 1. The van der Waals surface area contributed by atoms with Gasteiger partial charge in [-0.15, -0.1) is 0 Å². The van der Waals surface area contributed by atoms with E-state index in [1.54, 1.807) is 14.0 Å². The highest BCUT2D eigenvalue weighted by Gasteiger charge is 2.40. The Morgan fingerprint density at radius 1 is 1.30 bits per heavy atom. The van der Waals surface area contributed by atoms with Gasteiger partial charge in [0.2, 0.25) is 0 Å². The third kappa shape index (κ3) is 4.85. The van der Waals surface area contributed by atoms with Crippen LogP contribution in [0.3, 0.4) is 0 Å². The maximum atomic E-state index is 11.3. The summed E-state index contributed by atoms with van der Waals surface area (Å²) in [6.07, 6.45) is 4.42. The number of hydrogen-bond acceptors (Lipinski definition) is 3. The van der Waals surface area contributed by atoms with Crippen LogP contribution in [0.5, 0.6) is 0 Å². The standard InChI is InChI=1S/C17H32O3/c1-7-11(2)8-12(3)15-10-16(19-6)17(20-15)13(4)9-14(5)18/h11-13,15-17H,7-10H2,1-6H3/t11-,12-,13-,15?,16-,17?/m0/s1. The van der Waals surface area contributed by atoms with Crippen LogP contribution in [-0.4, -0.2) is 31.2 Å². The first-order chi connectivity index (χ1) is 9.38. The van der Waals surface area contributed by atoms with E-state index < -0.39 is 0 Å². The van der Waals surface area contributed by atoms with Crippen LogP contribution in [0.1, 0.15) is 60.3 Å². The Balaban J connectivity index is 2.60. The van der Waals surface area contributed by atoms with Crippen LogP contribution >= 0.6 is 0 Å². The van der Waals surface area contributed by atoms with Gasteiger partial charge < -0.3 is 14.3 Å². The predicted molar refractivity (Wildman–Crippen MR) is 81.8 cm³/mol. The summed E-state index contributed by atoms with van der Waals surface area (Å²) in [5.74, 6) is 1.76. The minimum absolute atomic E-state index is 0.0632. The van der Waals surface area contributed by atoms with Crippen molar-refractivity contribution in [3.05, 3.63) is 0 Å². The molecule has 118 valence electrons. The lowest BCUT2D eigenvalue weighted by molar-refractivity contribution is -0.120. The molecule has 0 radical (unpaired) electrons. The minimum atomic E-state index is 0.0632. The van der Waals surface area contributed by atoms with E-state index in [-0.39, 0.29) is 30.0 Å². The third-order valence-electron chi connectivity index (χ3n) is 4.74. The summed E-state index contributed by atoms with van der Waals surface area (Å²) in [4.78, 5) is 11.3. The first kappa shape index (κ1) is 17.6. The Labute approximate surface area is 124 Å². The van der Waals surface area contributed by atoms with Crippen LogP contribution in [0.15, 0.2) is 0 Å². The van der Waals surface area contributed by atoms with Crippen LogP contribution in [0.2, 0.25) is 0 Å². The van der Waals surface area contributed by atoms with E-state index in [0.717, 1.165) is 12.3 Å². The molecule has 0 aliphatic carbocycles. The molecular weight excluding hydrogens is 252 g/mol. The molecule has 1 aliphatic heterocycles. The molecule has 1 rings (SSSR count). The van der Waals surface area contributed by atoms with E-state index in [1.807, 2.05) is 0 Å². The topological polar surface area (TPSA) is 35.5 Å². The van der Waals surface area contributed by atoms with E-state index >= 15 is 0 Å². The predicted octanol–water partition coefficient (Wildman–Crippen LogP) is 3.85. The third-order valence-corrected chi connectivity index (χ3v) is 4.74. The molecule has 6 atom stereocenters. The van der Waals surface area contributed by atoms with Gasteiger partial charge >= 0.3 is 0 Å². The van der Waals surface area contributed by atoms with Crippen LogP contribution in [0.4, 0.5) is 0 Å². The quantitative estimate of drug-likeness (QED) is 0.679. The summed E-state index contributed by atoms with van der Waals surface area (Å²) < 4.78 is 11.9. The fourth-order valence-corrected chi connectivity index (χ4v) is 3.33. The Morgan fingerprint density at radius 3 is 2.45 bits per heavy atom. The lowest BCUT2D eigenvalue weighted by atomic mass is 9.89. The van der Waals surface area contributed by atoms with Gasteiger partial charge in [-0.25, -0.2) is 0 Å². The average Bonchev–Trinajstić information content (AvgIpc) is 2.81. The van der Waals surface area contributed by atoms with Gasteiger partial charge in [-0.05, 0) is 31.1 Å². The lowest BCUT2D eigenvalue weighted by Gasteiger charge is -2.25. The summed E-state index contributed by atoms with van der Waals surface area (Å²) in [5, 5.41) is 0. The van der Waals surface area contributed by atoms with Crippen molar-refractivity contribution in [2.24, 2.45) is 17.8 Å². The van der Waals surface area contributed by atoms with Crippen LogP contribution in [0, 0.1) is 17.8 Å². The van der Waals surface area contributed by atoms with Gasteiger partial charge in [-0.1, -0.05) is 34.1 Å². The fourth-order valence-electron chi connectivity index (χ4n) is 3.33. The highest BCUT2D eigenvalue weighted by atomic mass is 16.6. The number of rotatable bonds is 8. The van der Waals surface area contributed by atoms with Gasteiger partial charge in [0.1, 0.15) is 5.78 Å². The first-order valence-corrected chi connectivity index (χ1v) is 8.06. The maximum absolute atomic E-state index is 11.3. The molecule has 2 unspecified atom stereocenters. The zero-order valence-corrected chi connectivity index (χ0v) is 14.0. The van der Waals surface area contributed by atoms with Crippen molar-refractivity contribution in [2.45, 2.75) is 78.6 Å². The van der Waals surface area contributed by atoms with Crippen molar-refractivity contribution < 1.29 is 14.3 Å². The Bertz CT molecular complexity index is 303. The molecule has 0 amide bonds. The van der Waals surface area contributed by atoms with Crippen molar-refractivity contribution in [1.82, 2.24) is 0 Å². The van der Waals surface area contributed by atoms with E-state index in [0.29, 0.717) is 12.3 Å². The highest BCUT2D eigenvalue weighted by Crippen LogP contribution is 2.35. The Morgan fingerprint density at radius 2 is 1.95 bits per heavy atom. The molecule has 20 heavy (non-hydrogen) atoms. The number of Topliss-reactive ketones (excluding diaryl/α,β-unsaturated/α-hetero) is 1. The smallest absolute Gasteiger partial charge is 0.130 e. The van der Waals surface area contributed by atoms with Crippen molar-refractivity contribution in [1.29, 1.82) is 0 Å². The molecule has 0 N–H and O–H groups in total. The van der Waals surface area contributed by atoms with E-state index in [1.165, 1.54) is 12.8 Å². The van der Waals surface area contributed by atoms with Crippen LogP contribution in [-0.2, 0) is 14.3 Å². The molecule has 1 saturated heterocycles. The molecule has 1 heterocycles. The number of carbonyl (C=O) groups excluding carboxylic acids is 1. The molecule has 3 heteroatoms. The Hall–Kier alpha value is -0.410. The van der Waals surface area contributed by atoms with Gasteiger partial charge in [0.25, 0.3) is 0 Å². The summed E-state index contributed by atoms with van der Waals surface area (Å²) in [6, 6.07) is 0.